The summed E-state index contributed by atoms with van der Waals surface area (Å²) in [5, 5.41) is 17.5. The molecule has 0 radical (unpaired) electrons. The van der Waals surface area contributed by atoms with Crippen molar-refractivity contribution in [2.45, 2.75) is 24.7 Å². The summed E-state index contributed by atoms with van der Waals surface area (Å²) in [5.74, 6) is 4.22. The van der Waals surface area contributed by atoms with E-state index in [-0.39, 0.29) is 28.2 Å². The summed E-state index contributed by atoms with van der Waals surface area (Å²) in [5.41, 5.74) is 0.0700. The Morgan fingerprint density at radius 2 is 2.03 bits per heavy atom. The van der Waals surface area contributed by atoms with Crippen LogP contribution in [0, 0.1) is 13.7 Å². The van der Waals surface area contributed by atoms with Crippen LogP contribution in [0.25, 0.3) is 0 Å². The maximum absolute atomic E-state index is 13.0. The SMILES string of the molecule is C=S(=O)(NC(=O)OCC)c1ccc([N+](=O)[O-])cc1NCCCCNc1nc(Cl)ncc1I. The third kappa shape index (κ3) is 7.63. The number of non-ortho nitro benzene ring substituents is 1. The number of carbonyl (C=O) groups excluding carboxylic acids is 1. The van der Waals surface area contributed by atoms with E-state index in [4.69, 9.17) is 16.3 Å². The molecule has 1 aromatic carbocycles. The maximum atomic E-state index is 13.0. The summed E-state index contributed by atoms with van der Waals surface area (Å²) >= 11 is 7.90. The highest BCUT2D eigenvalue weighted by Gasteiger charge is 2.19. The number of benzene rings is 1. The fraction of sp³-hybridized carbons (Fsp3) is 0.333. The lowest BCUT2D eigenvalue weighted by Crippen LogP contribution is -2.31. The van der Waals surface area contributed by atoms with Gasteiger partial charge in [0, 0.05) is 31.4 Å². The maximum Gasteiger partial charge on any atom is 0.418 e. The van der Waals surface area contributed by atoms with Crippen LogP contribution in [0.1, 0.15) is 19.8 Å². The molecule has 11 nitrogen and oxygen atoms in total. The monoisotopic (exact) mass is 596 g/mol. The number of amides is 1. The molecule has 0 saturated heterocycles. The first-order valence-corrected chi connectivity index (χ1v) is 12.6. The van der Waals surface area contributed by atoms with E-state index in [1.165, 1.54) is 18.2 Å². The van der Waals surface area contributed by atoms with Crippen molar-refractivity contribution >= 4 is 73.1 Å². The number of hydrogen-bond acceptors (Lipinski definition) is 9. The van der Waals surface area contributed by atoms with Gasteiger partial charge in [-0.2, -0.15) is 4.98 Å². The van der Waals surface area contributed by atoms with Crippen molar-refractivity contribution in [2.24, 2.45) is 0 Å². The Kier molecular flexibility index (Phi) is 9.71. The van der Waals surface area contributed by atoms with Crippen molar-refractivity contribution in [1.29, 1.82) is 0 Å². The van der Waals surface area contributed by atoms with Gasteiger partial charge in [-0.15, -0.1) is 0 Å². The highest BCUT2D eigenvalue weighted by atomic mass is 127. The van der Waals surface area contributed by atoms with Crippen molar-refractivity contribution in [3.05, 3.63) is 43.4 Å². The second-order valence-corrected chi connectivity index (χ2v) is 9.83. The van der Waals surface area contributed by atoms with E-state index in [1.807, 2.05) is 0 Å². The van der Waals surface area contributed by atoms with Crippen LogP contribution in [-0.2, 0) is 14.4 Å². The van der Waals surface area contributed by atoms with Crippen molar-refractivity contribution < 1.29 is 18.7 Å². The zero-order valence-corrected chi connectivity index (χ0v) is 20.8. The lowest BCUT2D eigenvalue weighted by atomic mass is 10.2. The summed E-state index contributed by atoms with van der Waals surface area (Å²) in [6.45, 7) is 2.76. The third-order valence-electron chi connectivity index (χ3n) is 3.98. The summed E-state index contributed by atoms with van der Waals surface area (Å²) in [4.78, 5) is 30.4. The second kappa shape index (κ2) is 12.0. The Morgan fingerprint density at radius 1 is 1.34 bits per heavy atom. The molecule has 1 heterocycles. The van der Waals surface area contributed by atoms with Crippen LogP contribution < -0.4 is 15.4 Å². The van der Waals surface area contributed by atoms with Crippen molar-refractivity contribution in [1.82, 2.24) is 14.7 Å². The molecule has 0 spiro atoms. The first-order chi connectivity index (χ1) is 15.1. The lowest BCUT2D eigenvalue weighted by Gasteiger charge is -2.16. The quantitative estimate of drug-likeness (QED) is 0.0882. The molecule has 32 heavy (non-hydrogen) atoms. The van der Waals surface area contributed by atoms with Gasteiger partial charge in [-0.25, -0.2) is 18.7 Å². The molecule has 3 N–H and O–H groups in total. The molecule has 174 valence electrons. The predicted octanol–water partition coefficient (Wildman–Crippen LogP) is 3.68. The molecule has 1 aromatic heterocycles. The van der Waals surface area contributed by atoms with Gasteiger partial charge in [-0.1, -0.05) is 0 Å². The van der Waals surface area contributed by atoms with Gasteiger partial charge in [-0.3, -0.25) is 10.1 Å². The Hall–Kier alpha value is -2.39. The smallest absolute Gasteiger partial charge is 0.418 e. The Bertz CT molecular complexity index is 1090. The number of halogens is 2. The van der Waals surface area contributed by atoms with E-state index in [1.54, 1.807) is 13.1 Å². The van der Waals surface area contributed by atoms with Crippen LogP contribution in [0.3, 0.4) is 0 Å². The summed E-state index contributed by atoms with van der Waals surface area (Å²) < 4.78 is 20.8. The van der Waals surface area contributed by atoms with Crippen LogP contribution in [0.5, 0.6) is 0 Å². The molecule has 2 aromatic rings. The van der Waals surface area contributed by atoms with Crippen LogP contribution in [0.15, 0.2) is 29.3 Å². The second-order valence-electron chi connectivity index (χ2n) is 6.33. The molecule has 1 amide bonds. The van der Waals surface area contributed by atoms with E-state index in [2.05, 4.69) is 53.8 Å². The lowest BCUT2D eigenvalue weighted by molar-refractivity contribution is -0.384. The normalized spacial score (nSPS) is 12.5. The number of carbonyl (C=O) groups is 1. The van der Waals surface area contributed by atoms with E-state index in [9.17, 15) is 19.1 Å². The number of nitrogens with one attached hydrogen (secondary N) is 3. The van der Waals surface area contributed by atoms with Crippen LogP contribution in [0.2, 0.25) is 5.28 Å². The largest absolute Gasteiger partial charge is 0.449 e. The molecule has 0 fully saturated rings. The van der Waals surface area contributed by atoms with E-state index in [0.29, 0.717) is 25.3 Å². The topological polar surface area (TPSA) is 148 Å². The Morgan fingerprint density at radius 3 is 2.69 bits per heavy atom. The van der Waals surface area contributed by atoms with Crippen LogP contribution in [-0.4, -0.2) is 50.8 Å². The molecule has 0 aliphatic rings. The van der Waals surface area contributed by atoms with E-state index >= 15 is 0 Å². The highest BCUT2D eigenvalue weighted by molar-refractivity contribution is 14.1. The van der Waals surface area contributed by atoms with Gasteiger partial charge in [0.1, 0.15) is 5.82 Å². The molecular weight excluding hydrogens is 575 g/mol. The molecule has 1 unspecified atom stereocenters. The summed E-state index contributed by atoms with van der Waals surface area (Å²) in [6.07, 6.45) is 2.16. The van der Waals surface area contributed by atoms with Gasteiger partial charge < -0.3 is 15.4 Å². The number of ether oxygens (including phenoxy) is 1. The minimum atomic E-state index is -3.30. The van der Waals surface area contributed by atoms with E-state index < -0.39 is 20.7 Å². The average Bonchev–Trinajstić information content (AvgIpc) is 2.72. The number of anilines is 2. The molecule has 1 atom stereocenters. The molecule has 0 aliphatic carbocycles. The van der Waals surface area contributed by atoms with Crippen molar-refractivity contribution in [3.8, 4) is 0 Å². The van der Waals surface area contributed by atoms with Crippen LogP contribution in [0.4, 0.5) is 22.0 Å². The molecule has 2 rings (SSSR count). The van der Waals surface area contributed by atoms with Gasteiger partial charge >= 0.3 is 6.09 Å². The number of aromatic nitrogens is 2. The molecular formula is C18H22ClIN6O5S. The Labute approximate surface area is 204 Å². The summed E-state index contributed by atoms with van der Waals surface area (Å²) in [6, 6.07) is 3.78. The van der Waals surface area contributed by atoms with Gasteiger partial charge in [0.25, 0.3) is 5.69 Å². The first kappa shape index (κ1) is 25.9. The van der Waals surface area contributed by atoms with Gasteiger partial charge in [-0.05, 0) is 65.9 Å². The minimum absolute atomic E-state index is 0.0982. The van der Waals surface area contributed by atoms with Gasteiger partial charge in [0.05, 0.1) is 35.4 Å². The number of rotatable bonds is 11. The third-order valence-corrected chi connectivity index (χ3v) is 6.51. The molecule has 0 aliphatic heterocycles. The molecule has 14 heteroatoms. The standard InChI is InChI=1S/C18H22ClIN6O5S/c1-3-31-18(27)25-32(2,30)15-7-6-12(26(28)29)10-14(15)21-8-4-5-9-22-16-13(20)11-23-17(19)24-16/h6-7,10-11,21H,2-5,8-9H2,1H3,(H,22,23,24)(H,25,27,30). The fourth-order valence-electron chi connectivity index (χ4n) is 2.56. The minimum Gasteiger partial charge on any atom is -0.449 e. The van der Waals surface area contributed by atoms with Crippen molar-refractivity contribution in [2.75, 3.05) is 30.3 Å². The average molecular weight is 597 g/mol. The number of unbranched alkanes of at least 4 members (excludes halogenated alkanes) is 1. The van der Waals surface area contributed by atoms with Gasteiger partial charge in [0.2, 0.25) is 5.28 Å². The number of nitro groups is 1. The number of nitrogens with zero attached hydrogens (tertiary/aromatic N) is 3. The highest BCUT2D eigenvalue weighted by Crippen LogP contribution is 2.26. The zero-order valence-electron chi connectivity index (χ0n) is 17.1. The first-order valence-electron chi connectivity index (χ1n) is 9.40. The van der Waals surface area contributed by atoms with Crippen LogP contribution >= 0.6 is 34.2 Å². The van der Waals surface area contributed by atoms with E-state index in [0.717, 1.165) is 9.99 Å². The fourth-order valence-corrected chi connectivity index (χ4v) is 4.35. The molecule has 0 saturated carbocycles. The zero-order chi connectivity index (χ0) is 23.7. The number of hydrogen-bond donors (Lipinski definition) is 3. The van der Waals surface area contributed by atoms with Gasteiger partial charge in [0.15, 0.2) is 0 Å². The summed E-state index contributed by atoms with van der Waals surface area (Å²) in [7, 11) is -3.30. The predicted molar refractivity (Wildman–Crippen MR) is 133 cm³/mol. The Balaban J connectivity index is 2.01. The number of nitro benzene ring substituents is 1. The van der Waals surface area contributed by atoms with Crippen molar-refractivity contribution in [3.63, 3.8) is 0 Å². The molecule has 0 bridgehead atoms.